The van der Waals surface area contributed by atoms with Gasteiger partial charge in [0.25, 0.3) is 5.91 Å². The number of hydrogen-bond donors (Lipinski definition) is 1. The highest BCUT2D eigenvalue weighted by Crippen LogP contribution is 2.25. The zero-order valence-corrected chi connectivity index (χ0v) is 22.5. The molecular weight excluding hydrogens is 460 g/mol. The Hall–Kier alpha value is -3.57. The molecule has 1 aliphatic heterocycles. The number of nitrogens with zero attached hydrogens (tertiary/aromatic N) is 1. The van der Waals surface area contributed by atoms with Crippen LogP contribution in [0.4, 0.5) is 0 Å². The van der Waals surface area contributed by atoms with E-state index in [2.05, 4.69) is 43.3 Å². The monoisotopic (exact) mass is 500 g/mol. The van der Waals surface area contributed by atoms with E-state index in [9.17, 15) is 4.79 Å². The van der Waals surface area contributed by atoms with E-state index in [4.69, 9.17) is 9.15 Å². The van der Waals surface area contributed by atoms with Crippen LogP contribution in [0, 0.1) is 0 Å². The summed E-state index contributed by atoms with van der Waals surface area (Å²) < 4.78 is 11.8. The second-order valence-corrected chi connectivity index (χ2v) is 9.33. The molecule has 1 saturated heterocycles. The van der Waals surface area contributed by atoms with Crippen molar-refractivity contribution >= 4 is 16.9 Å². The van der Waals surface area contributed by atoms with Crippen molar-refractivity contribution < 1.29 is 13.9 Å². The van der Waals surface area contributed by atoms with E-state index in [1.54, 1.807) is 12.1 Å². The van der Waals surface area contributed by atoms with Crippen molar-refractivity contribution in [1.82, 2.24) is 10.2 Å². The topological polar surface area (TPSA) is 54.7 Å². The second-order valence-electron chi connectivity index (χ2n) is 9.33. The van der Waals surface area contributed by atoms with Crippen molar-refractivity contribution in [2.75, 3.05) is 26.2 Å². The molecule has 1 aromatic carbocycles. The van der Waals surface area contributed by atoms with Gasteiger partial charge in [-0.2, -0.15) is 0 Å². The number of amides is 1. The molecule has 0 radical (unpaired) electrons. The van der Waals surface area contributed by atoms with E-state index >= 15 is 0 Å². The highest BCUT2D eigenvalue weighted by molar-refractivity contribution is 5.97. The van der Waals surface area contributed by atoms with Crippen LogP contribution in [0.5, 0.6) is 5.75 Å². The quantitative estimate of drug-likeness (QED) is 0.306. The lowest BCUT2D eigenvalue weighted by molar-refractivity contribution is 0.0942. The molecule has 0 unspecified atom stereocenters. The number of ether oxygens (including phenoxy) is 1. The fraction of sp³-hybridized carbons (Fsp3) is 0.344. The zero-order valence-electron chi connectivity index (χ0n) is 22.5. The number of rotatable bonds is 12. The summed E-state index contributed by atoms with van der Waals surface area (Å²) in [5.74, 6) is 0.608. The summed E-state index contributed by atoms with van der Waals surface area (Å²) in [4.78, 5) is 15.3. The normalized spacial score (nSPS) is 15.8. The first-order valence-electron chi connectivity index (χ1n) is 13.2. The average molecular weight is 501 g/mol. The number of likely N-dealkylation sites (tertiary alicyclic amines) is 1. The maximum Gasteiger partial charge on any atom is 0.291 e. The Morgan fingerprint density at radius 2 is 1.95 bits per heavy atom. The minimum absolute atomic E-state index is 0.223. The van der Waals surface area contributed by atoms with E-state index in [0.29, 0.717) is 17.9 Å². The van der Waals surface area contributed by atoms with Gasteiger partial charge in [-0.25, -0.2) is 0 Å². The van der Waals surface area contributed by atoms with Crippen molar-refractivity contribution in [3.05, 3.63) is 102 Å². The number of allylic oxidation sites excluding steroid dienone is 9. The Morgan fingerprint density at radius 3 is 2.65 bits per heavy atom. The fourth-order valence-electron chi connectivity index (χ4n) is 4.16. The Bertz CT molecular complexity index is 1220. The molecular formula is C32H40N2O3. The molecule has 0 aliphatic carbocycles. The molecule has 1 fully saturated rings. The van der Waals surface area contributed by atoms with E-state index in [1.165, 1.54) is 24.8 Å². The van der Waals surface area contributed by atoms with Gasteiger partial charge in [0.1, 0.15) is 17.9 Å². The van der Waals surface area contributed by atoms with Crippen LogP contribution >= 0.6 is 0 Å². The molecule has 1 amide bonds. The lowest BCUT2D eigenvalue weighted by Gasteiger charge is -2.26. The standard InChI is InChI=1S/C32H40N2O3/c1-6-12-27(14-13-24(4)7-2)26(8-3)21-25(5)33-32(35)31-22-28-15-16-29(23-30(28)37-31)36-20-19-34-17-10-9-11-18-34/h6,8,12-16,21-23H,3,5,7,9-11,17-20H2,1-2,4H3,(H,33,35)/b12-6-,24-13?,26-21+,27-14+. The molecule has 1 aliphatic rings. The summed E-state index contributed by atoms with van der Waals surface area (Å²) >= 11 is 0. The second kappa shape index (κ2) is 14.2. The molecule has 5 nitrogen and oxygen atoms in total. The van der Waals surface area contributed by atoms with Crippen LogP contribution in [-0.4, -0.2) is 37.0 Å². The van der Waals surface area contributed by atoms with Gasteiger partial charge in [-0.15, -0.1) is 0 Å². The van der Waals surface area contributed by atoms with Crippen LogP contribution < -0.4 is 10.1 Å². The molecule has 2 aromatic rings. The Kier molecular flexibility index (Phi) is 10.8. The van der Waals surface area contributed by atoms with Crippen LogP contribution in [0.3, 0.4) is 0 Å². The average Bonchev–Trinajstić information content (AvgIpc) is 3.34. The molecule has 5 heteroatoms. The van der Waals surface area contributed by atoms with Crippen molar-refractivity contribution in [2.45, 2.75) is 46.5 Å². The lowest BCUT2D eigenvalue weighted by Crippen LogP contribution is -2.33. The smallest absolute Gasteiger partial charge is 0.291 e. The van der Waals surface area contributed by atoms with Gasteiger partial charge in [-0.05, 0) is 81.6 Å². The number of piperidine rings is 1. The van der Waals surface area contributed by atoms with Crippen LogP contribution in [0.25, 0.3) is 11.0 Å². The molecule has 37 heavy (non-hydrogen) atoms. The molecule has 196 valence electrons. The van der Waals surface area contributed by atoms with Crippen molar-refractivity contribution in [1.29, 1.82) is 0 Å². The third-order valence-corrected chi connectivity index (χ3v) is 6.45. The van der Waals surface area contributed by atoms with Gasteiger partial charge in [0.2, 0.25) is 0 Å². The van der Waals surface area contributed by atoms with Gasteiger partial charge in [0.15, 0.2) is 5.76 Å². The predicted molar refractivity (Wildman–Crippen MR) is 154 cm³/mol. The number of hydrogen-bond acceptors (Lipinski definition) is 4. The minimum atomic E-state index is -0.355. The van der Waals surface area contributed by atoms with Crippen LogP contribution in [0.1, 0.15) is 57.0 Å². The van der Waals surface area contributed by atoms with Crippen LogP contribution in [0.2, 0.25) is 0 Å². The molecule has 0 atom stereocenters. The number of carbonyl (C=O) groups is 1. The van der Waals surface area contributed by atoms with Gasteiger partial charge in [0, 0.05) is 23.7 Å². The van der Waals surface area contributed by atoms with Crippen molar-refractivity contribution in [3.8, 4) is 5.75 Å². The van der Waals surface area contributed by atoms with E-state index in [-0.39, 0.29) is 11.7 Å². The van der Waals surface area contributed by atoms with Crippen LogP contribution in [-0.2, 0) is 0 Å². The van der Waals surface area contributed by atoms with Gasteiger partial charge in [0.05, 0.1) is 0 Å². The number of carbonyl (C=O) groups excluding carboxylic acids is 1. The van der Waals surface area contributed by atoms with Crippen LogP contribution in [0.15, 0.2) is 101 Å². The number of fused-ring (bicyclic) bond motifs is 1. The van der Waals surface area contributed by atoms with Gasteiger partial charge in [-0.1, -0.05) is 62.5 Å². The van der Waals surface area contributed by atoms with Crippen molar-refractivity contribution in [2.24, 2.45) is 0 Å². The first-order valence-corrected chi connectivity index (χ1v) is 13.2. The zero-order chi connectivity index (χ0) is 26.6. The summed E-state index contributed by atoms with van der Waals surface area (Å²) in [6.07, 6.45) is 16.5. The number of nitrogens with one attached hydrogen (secondary N) is 1. The largest absolute Gasteiger partial charge is 0.492 e. The van der Waals surface area contributed by atoms with Gasteiger partial charge < -0.3 is 14.5 Å². The summed E-state index contributed by atoms with van der Waals surface area (Å²) in [7, 11) is 0. The summed E-state index contributed by atoms with van der Waals surface area (Å²) in [5.41, 5.74) is 4.19. The molecule has 1 aromatic heterocycles. The SMILES string of the molecule is C=CC(=C\C(=C)NC(=O)c1cc2ccc(OCCN3CCCCC3)cc2o1)/C(/C=C\C)=C/C=C(C)CC. The third-order valence-electron chi connectivity index (χ3n) is 6.45. The number of benzene rings is 1. The maximum absolute atomic E-state index is 12.9. The predicted octanol–water partition coefficient (Wildman–Crippen LogP) is 7.51. The molecule has 3 rings (SSSR count). The molecule has 1 N–H and O–H groups in total. The molecule has 0 bridgehead atoms. The van der Waals surface area contributed by atoms with E-state index < -0.39 is 0 Å². The van der Waals surface area contributed by atoms with Gasteiger partial charge >= 0.3 is 0 Å². The number of furan rings is 1. The first-order chi connectivity index (χ1) is 17.9. The maximum atomic E-state index is 12.9. The lowest BCUT2D eigenvalue weighted by atomic mass is 10.0. The minimum Gasteiger partial charge on any atom is -0.492 e. The molecule has 0 saturated carbocycles. The Morgan fingerprint density at radius 1 is 1.16 bits per heavy atom. The van der Waals surface area contributed by atoms with Crippen molar-refractivity contribution in [3.63, 3.8) is 0 Å². The molecule has 0 spiro atoms. The summed E-state index contributed by atoms with van der Waals surface area (Å²) in [6, 6.07) is 7.40. The van der Waals surface area contributed by atoms with E-state index in [1.807, 2.05) is 49.4 Å². The Labute approximate surface area is 221 Å². The van der Waals surface area contributed by atoms with E-state index in [0.717, 1.165) is 48.3 Å². The first kappa shape index (κ1) is 28.0. The molecule has 2 heterocycles. The Balaban J connectivity index is 1.65. The third kappa shape index (κ3) is 8.50. The fourth-order valence-corrected chi connectivity index (χ4v) is 4.16. The highest BCUT2D eigenvalue weighted by Gasteiger charge is 2.14. The van der Waals surface area contributed by atoms with Gasteiger partial charge in [-0.3, -0.25) is 9.69 Å². The highest BCUT2D eigenvalue weighted by atomic mass is 16.5. The summed E-state index contributed by atoms with van der Waals surface area (Å²) in [6.45, 7) is 18.0. The summed E-state index contributed by atoms with van der Waals surface area (Å²) in [5, 5.41) is 3.67.